The molecule has 1 amide bonds. The highest BCUT2D eigenvalue weighted by Crippen LogP contribution is 2.36. The molecule has 1 aliphatic carbocycles. The number of halogens is 4. The summed E-state index contributed by atoms with van der Waals surface area (Å²) in [5.74, 6) is -3.82. The summed E-state index contributed by atoms with van der Waals surface area (Å²) in [7, 11) is 1.60. The van der Waals surface area contributed by atoms with Crippen LogP contribution in [0.3, 0.4) is 0 Å². The summed E-state index contributed by atoms with van der Waals surface area (Å²) in [6, 6.07) is -0.106. The Bertz CT molecular complexity index is 1020. The van der Waals surface area contributed by atoms with Gasteiger partial charge < -0.3 is 15.0 Å². The summed E-state index contributed by atoms with van der Waals surface area (Å²) in [5.41, 5.74) is -0.133. The van der Waals surface area contributed by atoms with Gasteiger partial charge in [0.05, 0.1) is 12.1 Å². The number of amides is 1. The van der Waals surface area contributed by atoms with Gasteiger partial charge in [0.1, 0.15) is 5.67 Å². The lowest BCUT2D eigenvalue weighted by Crippen LogP contribution is -2.43. The number of hydrogen-bond acceptors (Lipinski definition) is 6. The molecule has 2 aromatic heterocycles. The predicted octanol–water partition coefficient (Wildman–Crippen LogP) is 3.85. The van der Waals surface area contributed by atoms with Crippen LogP contribution in [0.15, 0.2) is 6.20 Å². The summed E-state index contributed by atoms with van der Waals surface area (Å²) < 4.78 is 61.7. The van der Waals surface area contributed by atoms with Gasteiger partial charge in [-0.05, 0) is 38.5 Å². The second-order valence-electron chi connectivity index (χ2n) is 10.1. The second kappa shape index (κ2) is 11.0. The molecule has 36 heavy (non-hydrogen) atoms. The summed E-state index contributed by atoms with van der Waals surface area (Å²) in [6.07, 6.45) is 5.13. The van der Waals surface area contributed by atoms with Crippen molar-refractivity contribution < 1.29 is 27.1 Å². The van der Waals surface area contributed by atoms with Crippen molar-refractivity contribution in [2.75, 3.05) is 26.2 Å². The van der Waals surface area contributed by atoms with Crippen LogP contribution in [0.25, 0.3) is 0 Å². The van der Waals surface area contributed by atoms with Crippen molar-refractivity contribution >= 4 is 17.2 Å². The molecule has 0 saturated heterocycles. The number of carbonyl (C=O) groups excluding carboxylic acids is 1. The van der Waals surface area contributed by atoms with E-state index in [0.29, 0.717) is 45.1 Å². The van der Waals surface area contributed by atoms with Crippen molar-refractivity contribution in [1.29, 1.82) is 0 Å². The molecule has 1 N–H and O–H groups in total. The van der Waals surface area contributed by atoms with E-state index in [1.54, 1.807) is 7.05 Å². The van der Waals surface area contributed by atoms with Crippen molar-refractivity contribution in [3.8, 4) is 5.19 Å². The highest BCUT2D eigenvalue weighted by molar-refractivity contribution is 7.13. The van der Waals surface area contributed by atoms with E-state index >= 15 is 4.39 Å². The maximum absolute atomic E-state index is 15.5. The Labute approximate surface area is 212 Å². The third-order valence-electron chi connectivity index (χ3n) is 6.85. The highest BCUT2D eigenvalue weighted by Gasteiger charge is 2.36. The quantitative estimate of drug-likeness (QED) is 0.498. The number of rotatable bonds is 9. The maximum Gasteiger partial charge on any atom is 0.278 e. The zero-order chi connectivity index (χ0) is 25.9. The number of aromatic nitrogens is 3. The summed E-state index contributed by atoms with van der Waals surface area (Å²) >= 11 is 1.32. The molecule has 2 aliphatic rings. The molecule has 1 aliphatic heterocycles. The number of ether oxygens (including phenoxy) is 1. The lowest BCUT2D eigenvalue weighted by Gasteiger charge is -2.35. The molecule has 0 spiro atoms. The molecule has 2 aromatic rings. The van der Waals surface area contributed by atoms with Gasteiger partial charge >= 0.3 is 0 Å². The average Bonchev–Trinajstić information content (AvgIpc) is 3.28. The Morgan fingerprint density at radius 2 is 2.03 bits per heavy atom. The molecule has 0 atom stereocenters. The number of hydrogen-bond donors (Lipinski definition) is 1. The number of fused-ring (bicyclic) bond motifs is 1. The number of alkyl halides is 3. The van der Waals surface area contributed by atoms with E-state index in [0.717, 1.165) is 37.0 Å². The van der Waals surface area contributed by atoms with Crippen LogP contribution in [0.4, 0.5) is 17.6 Å². The van der Waals surface area contributed by atoms with Gasteiger partial charge in [-0.25, -0.2) is 18.2 Å². The maximum atomic E-state index is 15.5. The molecule has 3 heterocycles. The Balaban J connectivity index is 1.18. The van der Waals surface area contributed by atoms with Crippen LogP contribution in [0.5, 0.6) is 5.19 Å². The zero-order valence-electron chi connectivity index (χ0n) is 20.7. The smallest absolute Gasteiger partial charge is 0.278 e. The first-order chi connectivity index (χ1) is 17.0. The zero-order valence-corrected chi connectivity index (χ0v) is 21.5. The molecular weight excluding hydrogens is 498 g/mol. The van der Waals surface area contributed by atoms with Gasteiger partial charge in [-0.15, -0.1) is 5.10 Å². The van der Waals surface area contributed by atoms with Gasteiger partial charge in [0, 0.05) is 62.7 Å². The van der Waals surface area contributed by atoms with Crippen LogP contribution < -0.4 is 10.1 Å². The van der Waals surface area contributed by atoms with Crippen LogP contribution in [-0.4, -0.2) is 69.4 Å². The van der Waals surface area contributed by atoms with Crippen LogP contribution in [0, 0.1) is 5.95 Å². The fourth-order valence-electron chi connectivity index (χ4n) is 4.83. The SMILES string of the molecule is Cn1cc(CC(=O)N[C@H]2CC[C@](F)(CCN3CCc4nc(OCC(C)(F)F)sc4CC3)CC2)c(F)n1. The number of thiazole rings is 1. The van der Waals surface area contributed by atoms with Gasteiger partial charge in [0.2, 0.25) is 11.9 Å². The second-order valence-corrected chi connectivity index (χ2v) is 11.1. The van der Waals surface area contributed by atoms with Crippen LogP contribution in [0.2, 0.25) is 0 Å². The summed E-state index contributed by atoms with van der Waals surface area (Å²) in [5, 5.41) is 6.80. The molecule has 0 unspecified atom stereocenters. The molecule has 1 saturated carbocycles. The Morgan fingerprint density at radius 1 is 1.31 bits per heavy atom. The first kappa shape index (κ1) is 26.8. The lowest BCUT2D eigenvalue weighted by molar-refractivity contribution is -0.121. The Morgan fingerprint density at radius 3 is 2.69 bits per heavy atom. The fraction of sp³-hybridized carbons (Fsp3) is 0.708. The van der Waals surface area contributed by atoms with Crippen molar-refractivity contribution in [3.63, 3.8) is 0 Å². The van der Waals surface area contributed by atoms with Crippen molar-refractivity contribution in [2.45, 2.75) is 75.9 Å². The fourth-order valence-corrected chi connectivity index (χ4v) is 5.77. The van der Waals surface area contributed by atoms with Crippen LogP contribution in [0.1, 0.15) is 55.2 Å². The molecule has 1 fully saturated rings. The average molecular weight is 532 g/mol. The molecule has 12 heteroatoms. The molecular formula is C24H33F4N5O2S. The van der Waals surface area contributed by atoms with Gasteiger partial charge in [0.25, 0.3) is 11.1 Å². The molecule has 0 radical (unpaired) electrons. The van der Waals surface area contributed by atoms with Crippen molar-refractivity contribution in [3.05, 3.63) is 28.3 Å². The highest BCUT2D eigenvalue weighted by atomic mass is 32.1. The number of aryl methyl sites for hydroxylation is 1. The topological polar surface area (TPSA) is 72.3 Å². The van der Waals surface area contributed by atoms with Gasteiger partial charge in [-0.2, -0.15) is 4.39 Å². The number of carbonyl (C=O) groups is 1. The van der Waals surface area contributed by atoms with Crippen LogP contribution >= 0.6 is 11.3 Å². The van der Waals surface area contributed by atoms with E-state index in [4.69, 9.17) is 4.74 Å². The minimum atomic E-state index is -2.90. The largest absolute Gasteiger partial charge is 0.464 e. The number of nitrogens with one attached hydrogen (secondary N) is 1. The first-order valence-electron chi connectivity index (χ1n) is 12.4. The normalized spacial score (nSPS) is 23.2. The van der Waals surface area contributed by atoms with Crippen LogP contribution in [-0.2, 0) is 31.1 Å². The van der Waals surface area contributed by atoms with Crippen molar-refractivity contribution in [1.82, 2.24) is 25.0 Å². The third-order valence-corrected chi connectivity index (χ3v) is 7.92. The Hall–Kier alpha value is -2.21. The predicted molar refractivity (Wildman–Crippen MR) is 128 cm³/mol. The minimum absolute atomic E-state index is 0.0784. The van der Waals surface area contributed by atoms with E-state index in [1.807, 2.05) is 0 Å². The minimum Gasteiger partial charge on any atom is -0.464 e. The molecule has 7 nitrogen and oxygen atoms in total. The standard InChI is InChI=1S/C24H33F4N5O2S/c1-23(26,27)15-35-22-30-18-5-10-33(11-6-19(18)36-22)12-9-24(28)7-3-17(4-8-24)29-20(34)13-16-14-32(2)31-21(16)25/h14,17H,3-13,15H2,1-2H3,(H,29,34)/t17-,24+. The van der Waals surface area contributed by atoms with E-state index in [9.17, 15) is 18.0 Å². The molecule has 200 valence electrons. The van der Waals surface area contributed by atoms with Gasteiger partial charge in [0.15, 0.2) is 6.61 Å². The summed E-state index contributed by atoms with van der Waals surface area (Å²) in [6.45, 7) is 2.26. The lowest BCUT2D eigenvalue weighted by atomic mass is 9.81. The number of nitrogens with zero attached hydrogens (tertiary/aromatic N) is 4. The summed E-state index contributed by atoms with van der Waals surface area (Å²) in [4.78, 5) is 19.9. The van der Waals surface area contributed by atoms with Crippen molar-refractivity contribution in [2.24, 2.45) is 7.05 Å². The first-order valence-corrected chi connectivity index (χ1v) is 13.2. The Kier molecular flexibility index (Phi) is 8.23. The van der Waals surface area contributed by atoms with E-state index in [1.165, 1.54) is 22.2 Å². The monoisotopic (exact) mass is 531 g/mol. The van der Waals surface area contributed by atoms with E-state index < -0.39 is 24.1 Å². The van der Waals surface area contributed by atoms with Gasteiger partial charge in [-0.3, -0.25) is 9.48 Å². The molecule has 4 rings (SSSR count). The van der Waals surface area contributed by atoms with Gasteiger partial charge in [-0.1, -0.05) is 11.3 Å². The third kappa shape index (κ3) is 7.41. The van der Waals surface area contributed by atoms with E-state index in [2.05, 4.69) is 20.3 Å². The molecule has 0 aromatic carbocycles. The van der Waals surface area contributed by atoms with E-state index in [-0.39, 0.29) is 29.1 Å². The molecule has 0 bridgehead atoms.